The van der Waals surface area contributed by atoms with E-state index in [0.717, 1.165) is 10.8 Å². The number of piperidine rings is 1. The first-order valence-electron chi connectivity index (χ1n) is 10.3. The number of sulfonamides is 1. The van der Waals surface area contributed by atoms with Crippen LogP contribution in [0.15, 0.2) is 71.6 Å². The molecule has 1 atom stereocenters. The quantitative estimate of drug-likeness (QED) is 0.611. The standard InChI is InChI=1S/C24H24N2O4S/c1-17(27)25-22-9-4-10-23(15-22)31(29,30)26-13-5-8-21(16-26)24(28)20-12-11-18-6-2-3-7-19(18)14-20/h2-4,6-7,9-12,14-15,21H,5,8,13,16H2,1H3,(H,25,27). The van der Waals surface area contributed by atoms with Crippen LogP contribution in [0.4, 0.5) is 5.69 Å². The van der Waals surface area contributed by atoms with E-state index in [9.17, 15) is 18.0 Å². The van der Waals surface area contributed by atoms with Gasteiger partial charge in [-0.3, -0.25) is 9.59 Å². The highest BCUT2D eigenvalue weighted by atomic mass is 32.2. The zero-order valence-electron chi connectivity index (χ0n) is 17.2. The number of benzene rings is 3. The van der Waals surface area contributed by atoms with Crippen LogP contribution in [0.1, 0.15) is 30.1 Å². The number of nitrogens with zero attached hydrogens (tertiary/aromatic N) is 1. The molecule has 31 heavy (non-hydrogen) atoms. The molecule has 1 aliphatic heterocycles. The van der Waals surface area contributed by atoms with E-state index >= 15 is 0 Å². The zero-order valence-corrected chi connectivity index (χ0v) is 18.1. The van der Waals surface area contributed by atoms with Gasteiger partial charge in [0.2, 0.25) is 15.9 Å². The number of carbonyl (C=O) groups excluding carboxylic acids is 2. The van der Waals surface area contributed by atoms with Gasteiger partial charge < -0.3 is 5.32 Å². The lowest BCUT2D eigenvalue weighted by atomic mass is 9.90. The van der Waals surface area contributed by atoms with E-state index in [1.54, 1.807) is 12.1 Å². The van der Waals surface area contributed by atoms with Crippen molar-refractivity contribution in [2.75, 3.05) is 18.4 Å². The molecule has 0 spiro atoms. The lowest BCUT2D eigenvalue weighted by Gasteiger charge is -2.31. The SMILES string of the molecule is CC(=O)Nc1cccc(S(=O)(=O)N2CCCC(C(=O)c3ccc4ccccc4c3)C2)c1. The molecule has 160 valence electrons. The van der Waals surface area contributed by atoms with Gasteiger partial charge in [-0.1, -0.05) is 42.5 Å². The Morgan fingerprint density at radius 3 is 2.52 bits per heavy atom. The maximum atomic E-state index is 13.2. The summed E-state index contributed by atoms with van der Waals surface area (Å²) in [6.45, 7) is 1.89. The van der Waals surface area contributed by atoms with Crippen molar-refractivity contribution in [1.82, 2.24) is 4.31 Å². The maximum absolute atomic E-state index is 13.2. The highest BCUT2D eigenvalue weighted by Gasteiger charge is 2.33. The van der Waals surface area contributed by atoms with Crippen LogP contribution in [0.3, 0.4) is 0 Å². The number of ketones is 1. The lowest BCUT2D eigenvalue weighted by Crippen LogP contribution is -2.42. The van der Waals surface area contributed by atoms with Gasteiger partial charge in [-0.2, -0.15) is 4.31 Å². The number of rotatable bonds is 5. The van der Waals surface area contributed by atoms with Crippen molar-refractivity contribution in [1.29, 1.82) is 0 Å². The summed E-state index contributed by atoms with van der Waals surface area (Å²) in [4.78, 5) is 24.6. The third-order valence-electron chi connectivity index (χ3n) is 5.58. The van der Waals surface area contributed by atoms with E-state index in [1.807, 2.05) is 42.5 Å². The molecule has 1 amide bonds. The monoisotopic (exact) mass is 436 g/mol. The van der Waals surface area contributed by atoms with E-state index in [2.05, 4.69) is 5.32 Å². The van der Waals surface area contributed by atoms with Crippen molar-refractivity contribution in [2.24, 2.45) is 5.92 Å². The molecule has 0 bridgehead atoms. The summed E-state index contributed by atoms with van der Waals surface area (Å²) in [5, 5.41) is 4.66. The number of carbonyl (C=O) groups is 2. The van der Waals surface area contributed by atoms with Crippen LogP contribution in [-0.4, -0.2) is 37.5 Å². The predicted molar refractivity (Wildman–Crippen MR) is 121 cm³/mol. The average molecular weight is 437 g/mol. The Hall–Kier alpha value is -3.03. The molecule has 0 aliphatic carbocycles. The molecular formula is C24H24N2O4S. The number of nitrogens with one attached hydrogen (secondary N) is 1. The maximum Gasteiger partial charge on any atom is 0.243 e. The number of fused-ring (bicyclic) bond motifs is 1. The molecular weight excluding hydrogens is 412 g/mol. The molecule has 0 saturated carbocycles. The molecule has 3 aromatic carbocycles. The van der Waals surface area contributed by atoms with Crippen LogP contribution >= 0.6 is 0 Å². The van der Waals surface area contributed by atoms with E-state index in [-0.39, 0.29) is 29.0 Å². The highest BCUT2D eigenvalue weighted by molar-refractivity contribution is 7.89. The Kier molecular flexibility index (Phi) is 5.89. The lowest BCUT2D eigenvalue weighted by molar-refractivity contribution is -0.114. The van der Waals surface area contributed by atoms with Gasteiger partial charge in [0.1, 0.15) is 0 Å². The fourth-order valence-corrected chi connectivity index (χ4v) is 5.61. The Labute approximate surface area is 181 Å². The molecule has 1 N–H and O–H groups in total. The van der Waals surface area contributed by atoms with Crippen LogP contribution in [0.25, 0.3) is 10.8 Å². The summed E-state index contributed by atoms with van der Waals surface area (Å²) >= 11 is 0. The van der Waals surface area contributed by atoms with Crippen molar-refractivity contribution in [3.05, 3.63) is 72.3 Å². The summed E-state index contributed by atoms with van der Waals surface area (Å²) in [5.74, 6) is -0.686. The van der Waals surface area contributed by atoms with Gasteiger partial charge >= 0.3 is 0 Å². The van der Waals surface area contributed by atoms with Gasteiger partial charge in [0.05, 0.1) is 4.90 Å². The summed E-state index contributed by atoms with van der Waals surface area (Å²) in [7, 11) is -3.77. The van der Waals surface area contributed by atoms with Crippen molar-refractivity contribution >= 4 is 38.2 Å². The van der Waals surface area contributed by atoms with Crippen LogP contribution in [0, 0.1) is 5.92 Å². The van der Waals surface area contributed by atoms with Crippen LogP contribution in [0.2, 0.25) is 0 Å². The molecule has 1 saturated heterocycles. The molecule has 3 aromatic rings. The largest absolute Gasteiger partial charge is 0.326 e. The number of anilines is 1. The molecule has 0 aromatic heterocycles. The number of Topliss-reactive ketones (excluding diaryl/α,β-unsaturated/α-hetero) is 1. The summed E-state index contributed by atoms with van der Waals surface area (Å²) in [6.07, 6.45) is 1.28. The summed E-state index contributed by atoms with van der Waals surface area (Å²) in [5.41, 5.74) is 1.03. The zero-order chi connectivity index (χ0) is 22.0. The smallest absolute Gasteiger partial charge is 0.243 e. The Morgan fingerprint density at radius 2 is 1.74 bits per heavy atom. The second-order valence-electron chi connectivity index (χ2n) is 7.84. The second-order valence-corrected chi connectivity index (χ2v) is 9.78. The van der Waals surface area contributed by atoms with Crippen LogP contribution in [-0.2, 0) is 14.8 Å². The van der Waals surface area contributed by atoms with E-state index in [1.165, 1.54) is 23.4 Å². The fraction of sp³-hybridized carbons (Fsp3) is 0.250. The van der Waals surface area contributed by atoms with E-state index in [4.69, 9.17) is 0 Å². The highest BCUT2D eigenvalue weighted by Crippen LogP contribution is 2.28. The van der Waals surface area contributed by atoms with Crippen LogP contribution < -0.4 is 5.32 Å². The minimum Gasteiger partial charge on any atom is -0.326 e. The normalized spacial score (nSPS) is 17.4. The first kappa shape index (κ1) is 21.2. The topological polar surface area (TPSA) is 83.6 Å². The predicted octanol–water partition coefficient (Wildman–Crippen LogP) is 4.08. The molecule has 1 fully saturated rings. The number of hydrogen-bond donors (Lipinski definition) is 1. The number of amides is 1. The molecule has 4 rings (SSSR count). The Bertz CT molecular complexity index is 1250. The summed E-state index contributed by atoms with van der Waals surface area (Å²) < 4.78 is 27.8. The van der Waals surface area contributed by atoms with Crippen LogP contribution in [0.5, 0.6) is 0 Å². The third-order valence-corrected chi connectivity index (χ3v) is 7.44. The van der Waals surface area contributed by atoms with Crippen molar-refractivity contribution < 1.29 is 18.0 Å². The molecule has 1 aliphatic rings. The Morgan fingerprint density at radius 1 is 0.968 bits per heavy atom. The van der Waals surface area contributed by atoms with Gasteiger partial charge in [-0.25, -0.2) is 8.42 Å². The molecule has 6 nitrogen and oxygen atoms in total. The molecule has 7 heteroatoms. The van der Waals surface area contributed by atoms with Crippen molar-refractivity contribution in [3.8, 4) is 0 Å². The van der Waals surface area contributed by atoms with Gasteiger partial charge in [-0.15, -0.1) is 0 Å². The molecule has 1 unspecified atom stereocenters. The minimum atomic E-state index is -3.77. The average Bonchev–Trinajstić information content (AvgIpc) is 2.78. The van der Waals surface area contributed by atoms with E-state index in [0.29, 0.717) is 30.6 Å². The number of hydrogen-bond acceptors (Lipinski definition) is 4. The Balaban J connectivity index is 1.56. The fourth-order valence-electron chi connectivity index (χ4n) is 4.04. The van der Waals surface area contributed by atoms with E-state index < -0.39 is 10.0 Å². The van der Waals surface area contributed by atoms with Gasteiger partial charge in [0.15, 0.2) is 5.78 Å². The second kappa shape index (κ2) is 8.61. The molecule has 1 heterocycles. The summed E-state index contributed by atoms with van der Waals surface area (Å²) in [6, 6.07) is 19.7. The first-order chi connectivity index (χ1) is 14.8. The van der Waals surface area contributed by atoms with Gasteiger partial charge in [0, 0.05) is 37.2 Å². The first-order valence-corrected chi connectivity index (χ1v) is 11.7. The van der Waals surface area contributed by atoms with Crippen molar-refractivity contribution in [3.63, 3.8) is 0 Å². The van der Waals surface area contributed by atoms with Crippen molar-refractivity contribution in [2.45, 2.75) is 24.7 Å². The van der Waals surface area contributed by atoms with Gasteiger partial charge in [-0.05, 0) is 47.9 Å². The minimum absolute atomic E-state index is 0.0300. The third kappa shape index (κ3) is 4.52. The van der Waals surface area contributed by atoms with Gasteiger partial charge in [0.25, 0.3) is 0 Å². The molecule has 0 radical (unpaired) electrons.